The molecule has 1 aromatic rings. The van der Waals surface area contributed by atoms with Crippen molar-refractivity contribution in [3.8, 4) is 0 Å². The third-order valence-electron chi connectivity index (χ3n) is 4.05. The van der Waals surface area contributed by atoms with Gasteiger partial charge < -0.3 is 14.2 Å². The van der Waals surface area contributed by atoms with Crippen LogP contribution in [0.4, 0.5) is 4.79 Å². The summed E-state index contributed by atoms with van der Waals surface area (Å²) in [6.07, 6.45) is -0.852. The summed E-state index contributed by atoms with van der Waals surface area (Å²) in [6, 6.07) is 6.72. The van der Waals surface area contributed by atoms with Crippen molar-refractivity contribution in [2.45, 2.75) is 24.7 Å². The Morgan fingerprint density at radius 2 is 1.96 bits per heavy atom. The maximum Gasteiger partial charge on any atom is 0.508 e. The van der Waals surface area contributed by atoms with Crippen LogP contribution in [0.25, 0.3) is 0 Å². The van der Waals surface area contributed by atoms with E-state index in [1.807, 2.05) is 6.92 Å². The van der Waals surface area contributed by atoms with E-state index in [-0.39, 0.29) is 30.2 Å². The van der Waals surface area contributed by atoms with Gasteiger partial charge in [-0.3, -0.25) is 14.5 Å². The zero-order valence-electron chi connectivity index (χ0n) is 14.0. The van der Waals surface area contributed by atoms with Gasteiger partial charge >= 0.3 is 6.16 Å². The first-order chi connectivity index (χ1) is 12.5. The molecule has 2 unspecified atom stereocenters. The fourth-order valence-electron chi connectivity index (χ4n) is 2.82. The van der Waals surface area contributed by atoms with E-state index in [9.17, 15) is 14.4 Å². The maximum atomic E-state index is 12.5. The fraction of sp³-hybridized carbons (Fsp3) is 0.412. The summed E-state index contributed by atoms with van der Waals surface area (Å²) in [7, 11) is 0. The lowest BCUT2D eigenvalue weighted by Gasteiger charge is -2.22. The minimum Gasteiger partial charge on any atom is -0.479 e. The SMILES string of the molecule is CCOC(=S)SC(CCN1C(=O)c2ccccc2C1=O)C1COC(=O)O1. The van der Waals surface area contributed by atoms with Gasteiger partial charge in [-0.15, -0.1) is 0 Å². The number of fused-ring (bicyclic) bond motifs is 1. The summed E-state index contributed by atoms with van der Waals surface area (Å²) in [5.74, 6) is -0.636. The molecule has 2 aliphatic rings. The largest absolute Gasteiger partial charge is 0.508 e. The van der Waals surface area contributed by atoms with Crippen molar-refractivity contribution in [3.63, 3.8) is 0 Å². The minimum atomic E-state index is -0.733. The first-order valence-electron chi connectivity index (χ1n) is 8.13. The van der Waals surface area contributed by atoms with Crippen LogP contribution in [0.15, 0.2) is 24.3 Å². The number of benzene rings is 1. The highest BCUT2D eigenvalue weighted by Crippen LogP contribution is 2.29. The normalized spacial score (nSPS) is 19.8. The molecular weight excluding hydrogens is 378 g/mol. The molecule has 2 amide bonds. The van der Waals surface area contributed by atoms with Crippen molar-refractivity contribution in [1.82, 2.24) is 4.90 Å². The Hall–Kier alpha value is -2.13. The average Bonchev–Trinajstić information content (AvgIpc) is 3.15. The van der Waals surface area contributed by atoms with Crippen LogP contribution in [0, 0.1) is 0 Å². The summed E-state index contributed by atoms with van der Waals surface area (Å²) in [5.41, 5.74) is 0.810. The second-order valence-electron chi connectivity index (χ2n) is 5.65. The van der Waals surface area contributed by atoms with Crippen molar-refractivity contribution < 1.29 is 28.6 Å². The molecular formula is C17H17NO6S2. The van der Waals surface area contributed by atoms with Gasteiger partial charge in [-0.1, -0.05) is 23.9 Å². The Labute approximate surface area is 160 Å². The summed E-state index contributed by atoms with van der Waals surface area (Å²) in [6.45, 7) is 2.54. The topological polar surface area (TPSA) is 82.1 Å². The van der Waals surface area contributed by atoms with Crippen molar-refractivity contribution in [2.24, 2.45) is 0 Å². The third-order valence-corrected chi connectivity index (χ3v) is 5.61. The lowest BCUT2D eigenvalue weighted by Crippen LogP contribution is -2.36. The molecule has 0 aliphatic carbocycles. The van der Waals surface area contributed by atoms with E-state index >= 15 is 0 Å². The molecule has 1 saturated heterocycles. The van der Waals surface area contributed by atoms with Crippen molar-refractivity contribution in [1.29, 1.82) is 0 Å². The molecule has 0 saturated carbocycles. The number of thiocarbonyl (C=S) groups is 1. The predicted octanol–water partition coefficient (Wildman–Crippen LogP) is 2.63. The summed E-state index contributed by atoms with van der Waals surface area (Å²) in [5, 5.41) is -0.287. The van der Waals surface area contributed by atoms with Crippen molar-refractivity contribution in [3.05, 3.63) is 35.4 Å². The van der Waals surface area contributed by atoms with Gasteiger partial charge in [0.25, 0.3) is 11.8 Å². The summed E-state index contributed by atoms with van der Waals surface area (Å²) >= 11 is 6.40. The van der Waals surface area contributed by atoms with Crippen LogP contribution >= 0.6 is 24.0 Å². The van der Waals surface area contributed by atoms with Crippen LogP contribution in [0.2, 0.25) is 0 Å². The summed E-state index contributed by atoms with van der Waals surface area (Å²) < 4.78 is 15.6. The molecule has 3 rings (SSSR count). The second kappa shape index (κ2) is 8.05. The lowest BCUT2D eigenvalue weighted by atomic mass is 10.1. The number of thioether (sulfide) groups is 1. The molecule has 7 nitrogen and oxygen atoms in total. The van der Waals surface area contributed by atoms with Crippen LogP contribution in [-0.2, 0) is 14.2 Å². The number of rotatable bonds is 6. The summed E-state index contributed by atoms with van der Waals surface area (Å²) in [4.78, 5) is 37.4. The van der Waals surface area contributed by atoms with E-state index in [1.54, 1.807) is 24.3 Å². The molecule has 2 heterocycles. The number of nitrogens with zero attached hydrogens (tertiary/aromatic N) is 1. The Kier molecular flexibility index (Phi) is 5.77. The van der Waals surface area contributed by atoms with E-state index in [2.05, 4.69) is 0 Å². The fourth-order valence-corrected chi connectivity index (χ4v) is 4.25. The van der Waals surface area contributed by atoms with Gasteiger partial charge in [0.2, 0.25) is 4.38 Å². The van der Waals surface area contributed by atoms with E-state index in [1.165, 1.54) is 16.7 Å². The predicted molar refractivity (Wildman–Crippen MR) is 98.3 cm³/mol. The smallest absolute Gasteiger partial charge is 0.479 e. The standard InChI is InChI=1S/C17H17NO6S2/c1-2-22-17(25)26-13(12-9-23-16(21)24-12)7-8-18-14(19)10-5-3-4-6-11(10)15(18)20/h3-6,12-13H,2,7-9H2,1H3. The molecule has 26 heavy (non-hydrogen) atoms. The molecule has 0 bridgehead atoms. The Bertz CT molecular complexity index is 718. The van der Waals surface area contributed by atoms with E-state index in [0.29, 0.717) is 28.5 Å². The van der Waals surface area contributed by atoms with Crippen LogP contribution in [-0.4, -0.2) is 58.4 Å². The Balaban J connectivity index is 1.68. The molecule has 0 spiro atoms. The van der Waals surface area contributed by atoms with Crippen molar-refractivity contribution >= 4 is 46.3 Å². The number of carbonyl (C=O) groups excluding carboxylic acids is 3. The molecule has 1 fully saturated rings. The van der Waals surface area contributed by atoms with Gasteiger partial charge in [0.05, 0.1) is 23.0 Å². The molecule has 1 aromatic carbocycles. The van der Waals surface area contributed by atoms with Crippen LogP contribution < -0.4 is 0 Å². The zero-order valence-corrected chi connectivity index (χ0v) is 15.6. The number of ether oxygens (including phenoxy) is 3. The van der Waals surface area contributed by atoms with Gasteiger partial charge in [0.15, 0.2) is 6.10 Å². The number of hydrogen-bond acceptors (Lipinski definition) is 8. The first-order valence-corrected chi connectivity index (χ1v) is 9.42. The molecule has 2 atom stereocenters. The maximum absolute atomic E-state index is 12.5. The van der Waals surface area contributed by atoms with Gasteiger partial charge in [0, 0.05) is 6.54 Å². The zero-order chi connectivity index (χ0) is 18.7. The van der Waals surface area contributed by atoms with Gasteiger partial charge in [0.1, 0.15) is 6.61 Å². The number of amides is 2. The third kappa shape index (κ3) is 3.83. The number of imide groups is 1. The van der Waals surface area contributed by atoms with Gasteiger partial charge in [-0.2, -0.15) is 0 Å². The first kappa shape index (κ1) is 18.7. The van der Waals surface area contributed by atoms with E-state index < -0.39 is 12.3 Å². The highest BCUT2D eigenvalue weighted by atomic mass is 32.2. The number of hydrogen-bond donors (Lipinski definition) is 0. The monoisotopic (exact) mass is 395 g/mol. The van der Waals surface area contributed by atoms with Crippen LogP contribution in [0.5, 0.6) is 0 Å². The number of carbonyl (C=O) groups is 3. The average molecular weight is 395 g/mol. The minimum absolute atomic E-state index is 0.105. The lowest BCUT2D eigenvalue weighted by molar-refractivity contribution is 0.0643. The van der Waals surface area contributed by atoms with Crippen molar-refractivity contribution in [2.75, 3.05) is 19.8 Å². The Morgan fingerprint density at radius 3 is 2.50 bits per heavy atom. The Morgan fingerprint density at radius 1 is 1.31 bits per heavy atom. The van der Waals surface area contributed by atoms with E-state index in [4.69, 9.17) is 26.4 Å². The molecule has 9 heteroatoms. The van der Waals surface area contributed by atoms with Crippen LogP contribution in [0.1, 0.15) is 34.1 Å². The molecule has 138 valence electrons. The van der Waals surface area contributed by atoms with E-state index in [0.717, 1.165) is 0 Å². The quantitative estimate of drug-likeness (QED) is 0.413. The highest BCUT2D eigenvalue weighted by molar-refractivity contribution is 8.23. The number of cyclic esters (lactones) is 2. The molecule has 0 radical (unpaired) electrons. The molecule has 0 aromatic heterocycles. The van der Waals surface area contributed by atoms with Crippen LogP contribution in [0.3, 0.4) is 0 Å². The van der Waals surface area contributed by atoms with Gasteiger partial charge in [-0.25, -0.2) is 4.79 Å². The second-order valence-corrected chi connectivity index (χ2v) is 7.49. The van der Waals surface area contributed by atoms with Gasteiger partial charge in [-0.05, 0) is 37.7 Å². The molecule has 0 N–H and O–H groups in total. The highest BCUT2D eigenvalue weighted by Gasteiger charge is 2.38. The molecule has 2 aliphatic heterocycles.